The van der Waals surface area contributed by atoms with Crippen molar-refractivity contribution in [2.24, 2.45) is 0 Å². The van der Waals surface area contributed by atoms with E-state index in [9.17, 15) is 15.2 Å². The molecule has 10 heteroatoms. The first-order valence-corrected chi connectivity index (χ1v) is 12.2. The fourth-order valence-electron chi connectivity index (χ4n) is 4.39. The molecule has 4 rings (SSSR count). The third-order valence-corrected chi connectivity index (χ3v) is 6.26. The van der Waals surface area contributed by atoms with Gasteiger partial charge in [0.1, 0.15) is 11.8 Å². The summed E-state index contributed by atoms with van der Waals surface area (Å²) in [5.74, 6) is 1.12. The molecule has 1 amide bonds. The number of amides is 1. The van der Waals surface area contributed by atoms with Crippen molar-refractivity contribution >= 4 is 5.91 Å². The first-order valence-electron chi connectivity index (χ1n) is 12.2. The second kappa shape index (κ2) is 11.5. The van der Waals surface area contributed by atoms with Crippen molar-refractivity contribution in [3.8, 4) is 34.7 Å². The van der Waals surface area contributed by atoms with Crippen LogP contribution in [-0.2, 0) is 17.8 Å². The maximum absolute atomic E-state index is 12.2. The van der Waals surface area contributed by atoms with Crippen molar-refractivity contribution in [2.75, 3.05) is 26.2 Å². The van der Waals surface area contributed by atoms with Crippen LogP contribution in [0.15, 0.2) is 34.9 Å². The van der Waals surface area contributed by atoms with Gasteiger partial charge in [-0.1, -0.05) is 17.3 Å². The van der Waals surface area contributed by atoms with Gasteiger partial charge in [0, 0.05) is 30.8 Å². The Morgan fingerprint density at radius 1 is 1.32 bits per heavy atom. The molecule has 1 aliphatic heterocycles. The summed E-state index contributed by atoms with van der Waals surface area (Å²) in [5, 5.41) is 34.6. The number of nitriles is 1. The van der Waals surface area contributed by atoms with E-state index in [2.05, 4.69) is 21.5 Å². The molecular weight excluding hydrogens is 474 g/mol. The Bertz CT molecular complexity index is 1310. The fourth-order valence-corrected chi connectivity index (χ4v) is 4.39. The van der Waals surface area contributed by atoms with Gasteiger partial charge in [-0.3, -0.25) is 9.69 Å². The third-order valence-electron chi connectivity index (χ3n) is 6.26. The zero-order valence-electron chi connectivity index (χ0n) is 21.2. The maximum atomic E-state index is 12.2. The molecule has 2 aromatic carbocycles. The molecule has 2 heterocycles. The lowest BCUT2D eigenvalue weighted by atomic mass is 9.91. The molecule has 3 aromatic rings. The molecule has 1 aliphatic rings. The molecule has 0 saturated carbocycles. The molecule has 1 atom stereocenters. The van der Waals surface area contributed by atoms with Crippen molar-refractivity contribution in [3.63, 3.8) is 0 Å². The van der Waals surface area contributed by atoms with E-state index in [4.69, 9.17) is 14.4 Å². The van der Waals surface area contributed by atoms with Gasteiger partial charge in [-0.25, -0.2) is 0 Å². The van der Waals surface area contributed by atoms with Gasteiger partial charge in [-0.15, -0.1) is 0 Å². The molecule has 1 aromatic heterocycles. The van der Waals surface area contributed by atoms with Crippen LogP contribution < -0.4 is 10.1 Å². The van der Waals surface area contributed by atoms with Crippen molar-refractivity contribution in [1.29, 1.82) is 5.26 Å². The molecule has 10 nitrogen and oxygen atoms in total. The SMILES string of the molecule is Cc1c(-c2noc(-c3ccc(OC(C)C)c(C#N)c3)n2)ccc2c1CCN(CC(=O)NCC(O)CO)C2. The number of aromatic nitrogens is 2. The van der Waals surface area contributed by atoms with Gasteiger partial charge >= 0.3 is 0 Å². The number of hydrogen-bond acceptors (Lipinski definition) is 9. The minimum atomic E-state index is -0.954. The number of ether oxygens (including phenoxy) is 1. The number of aliphatic hydroxyl groups is 2. The van der Waals surface area contributed by atoms with Crippen LogP contribution in [-0.4, -0.2) is 69.6 Å². The molecule has 0 radical (unpaired) electrons. The van der Waals surface area contributed by atoms with Crippen molar-refractivity contribution in [2.45, 2.75) is 45.9 Å². The smallest absolute Gasteiger partial charge is 0.258 e. The Balaban J connectivity index is 1.48. The summed E-state index contributed by atoms with van der Waals surface area (Å²) >= 11 is 0. The molecular formula is C27H31N5O5. The van der Waals surface area contributed by atoms with E-state index < -0.39 is 6.10 Å². The second-order valence-electron chi connectivity index (χ2n) is 9.39. The van der Waals surface area contributed by atoms with Gasteiger partial charge in [0.25, 0.3) is 5.89 Å². The topological polar surface area (TPSA) is 145 Å². The van der Waals surface area contributed by atoms with Crippen LogP contribution in [0.1, 0.15) is 36.1 Å². The number of carbonyl (C=O) groups is 1. The minimum Gasteiger partial charge on any atom is -0.490 e. The highest BCUT2D eigenvalue weighted by Gasteiger charge is 2.23. The highest BCUT2D eigenvalue weighted by Crippen LogP contribution is 2.32. The molecule has 0 fully saturated rings. The molecule has 3 N–H and O–H groups in total. The van der Waals surface area contributed by atoms with E-state index >= 15 is 0 Å². The van der Waals surface area contributed by atoms with Crippen molar-refractivity contribution in [1.82, 2.24) is 20.4 Å². The van der Waals surface area contributed by atoms with E-state index in [1.54, 1.807) is 18.2 Å². The van der Waals surface area contributed by atoms with Crippen LogP contribution in [0.3, 0.4) is 0 Å². The number of benzene rings is 2. The van der Waals surface area contributed by atoms with Crippen molar-refractivity contribution in [3.05, 3.63) is 52.6 Å². The molecule has 0 saturated heterocycles. The summed E-state index contributed by atoms with van der Waals surface area (Å²) in [6.07, 6.45) is -0.228. The normalized spacial score (nSPS) is 14.2. The summed E-state index contributed by atoms with van der Waals surface area (Å²) < 4.78 is 11.2. The molecule has 0 spiro atoms. The molecule has 194 valence electrons. The quantitative estimate of drug-likeness (QED) is 0.398. The Labute approximate surface area is 215 Å². The van der Waals surface area contributed by atoms with E-state index in [0.29, 0.717) is 41.7 Å². The van der Waals surface area contributed by atoms with Gasteiger partial charge in [-0.05, 0) is 62.1 Å². The summed E-state index contributed by atoms with van der Waals surface area (Å²) in [6.45, 7) is 7.05. The van der Waals surface area contributed by atoms with Gasteiger partial charge in [0.15, 0.2) is 0 Å². The Hall–Kier alpha value is -3.78. The van der Waals surface area contributed by atoms with Gasteiger partial charge in [-0.2, -0.15) is 10.2 Å². The Kier molecular flexibility index (Phi) is 8.18. The summed E-state index contributed by atoms with van der Waals surface area (Å²) in [6, 6.07) is 11.4. The Morgan fingerprint density at radius 3 is 2.86 bits per heavy atom. The minimum absolute atomic E-state index is 0.0304. The lowest BCUT2D eigenvalue weighted by molar-refractivity contribution is -0.123. The highest BCUT2D eigenvalue weighted by atomic mass is 16.5. The Morgan fingerprint density at radius 2 is 2.14 bits per heavy atom. The molecule has 1 unspecified atom stereocenters. The fraction of sp³-hybridized carbons (Fsp3) is 0.407. The number of fused-ring (bicyclic) bond motifs is 1. The predicted octanol–water partition coefficient (Wildman–Crippen LogP) is 2.20. The van der Waals surface area contributed by atoms with Crippen LogP contribution in [0.4, 0.5) is 0 Å². The molecule has 0 bridgehead atoms. The molecule has 0 aliphatic carbocycles. The first kappa shape index (κ1) is 26.3. The van der Waals surface area contributed by atoms with E-state index in [-0.39, 0.29) is 31.7 Å². The first-order chi connectivity index (χ1) is 17.8. The average Bonchev–Trinajstić information content (AvgIpc) is 3.37. The molecule has 37 heavy (non-hydrogen) atoms. The standard InChI is InChI=1S/C27H31N5O5/c1-16(2)36-24-7-5-18(10-20(24)11-28)27-30-26(31-37-27)23-6-4-19-13-32(9-8-22(19)17(23)3)14-25(35)29-12-21(34)15-33/h4-7,10,16,21,33-34H,8-9,12-15H2,1-3H3,(H,29,35). The van der Waals surface area contributed by atoms with E-state index in [0.717, 1.165) is 23.1 Å². The van der Waals surface area contributed by atoms with Crippen LogP contribution in [0.5, 0.6) is 5.75 Å². The lowest BCUT2D eigenvalue weighted by Gasteiger charge is -2.29. The highest BCUT2D eigenvalue weighted by molar-refractivity contribution is 5.78. The lowest BCUT2D eigenvalue weighted by Crippen LogP contribution is -2.42. The second-order valence-corrected chi connectivity index (χ2v) is 9.39. The number of carbonyl (C=O) groups excluding carboxylic acids is 1. The number of nitrogens with one attached hydrogen (secondary N) is 1. The van der Waals surface area contributed by atoms with Gasteiger partial charge in [0.05, 0.1) is 30.9 Å². The summed E-state index contributed by atoms with van der Waals surface area (Å²) in [7, 11) is 0. The van der Waals surface area contributed by atoms with E-state index in [1.165, 1.54) is 5.56 Å². The predicted molar refractivity (Wildman–Crippen MR) is 135 cm³/mol. The number of aliphatic hydroxyl groups excluding tert-OH is 2. The zero-order chi connectivity index (χ0) is 26.5. The van der Waals surface area contributed by atoms with Crippen LogP contribution in [0, 0.1) is 18.3 Å². The van der Waals surface area contributed by atoms with Gasteiger partial charge in [0.2, 0.25) is 11.7 Å². The van der Waals surface area contributed by atoms with Crippen LogP contribution in [0.25, 0.3) is 22.8 Å². The summed E-state index contributed by atoms with van der Waals surface area (Å²) in [5.41, 5.74) is 5.33. The number of hydrogen-bond donors (Lipinski definition) is 3. The van der Waals surface area contributed by atoms with Crippen LogP contribution >= 0.6 is 0 Å². The monoisotopic (exact) mass is 505 g/mol. The number of nitrogens with zero attached hydrogens (tertiary/aromatic N) is 4. The van der Waals surface area contributed by atoms with Crippen molar-refractivity contribution < 1.29 is 24.3 Å². The number of rotatable bonds is 9. The largest absolute Gasteiger partial charge is 0.490 e. The van der Waals surface area contributed by atoms with Gasteiger partial charge < -0.3 is 24.8 Å². The average molecular weight is 506 g/mol. The third kappa shape index (κ3) is 6.14. The maximum Gasteiger partial charge on any atom is 0.258 e. The summed E-state index contributed by atoms with van der Waals surface area (Å²) in [4.78, 5) is 18.8. The van der Waals surface area contributed by atoms with Crippen LogP contribution in [0.2, 0.25) is 0 Å². The van der Waals surface area contributed by atoms with E-state index in [1.807, 2.05) is 37.8 Å². The zero-order valence-corrected chi connectivity index (χ0v) is 21.2.